The fourth-order valence-electron chi connectivity index (χ4n) is 3.32. The normalized spacial score (nSPS) is 17.0. The van der Waals surface area contributed by atoms with Crippen LogP contribution in [0.1, 0.15) is 6.92 Å². The van der Waals surface area contributed by atoms with Gasteiger partial charge in [-0.25, -0.2) is 9.97 Å². The van der Waals surface area contributed by atoms with E-state index in [1.54, 1.807) is 0 Å². The second-order valence-corrected chi connectivity index (χ2v) is 6.41. The summed E-state index contributed by atoms with van der Waals surface area (Å²) in [5.74, 6) is 1.74. The van der Waals surface area contributed by atoms with Crippen molar-refractivity contribution in [2.75, 3.05) is 31.1 Å². The number of fused-ring (bicyclic) bond motifs is 1. The van der Waals surface area contributed by atoms with Gasteiger partial charge in [0.2, 0.25) is 0 Å². The minimum Gasteiger partial charge on any atom is -0.379 e. The second-order valence-electron chi connectivity index (χ2n) is 6.41. The first-order chi connectivity index (χ1) is 12.2. The van der Waals surface area contributed by atoms with Gasteiger partial charge in [0.05, 0.1) is 5.52 Å². The Labute approximate surface area is 147 Å². The minimum atomic E-state index is -0.399. The predicted molar refractivity (Wildman–Crippen MR) is 100 cm³/mol. The number of benzene rings is 2. The molecule has 1 saturated heterocycles. The van der Waals surface area contributed by atoms with E-state index in [4.69, 9.17) is 9.97 Å². The molecule has 0 aliphatic carbocycles. The van der Waals surface area contributed by atoms with E-state index in [-0.39, 0.29) is 0 Å². The van der Waals surface area contributed by atoms with Crippen LogP contribution < -0.4 is 4.90 Å². The van der Waals surface area contributed by atoms with Crippen LogP contribution in [-0.4, -0.2) is 52.4 Å². The summed E-state index contributed by atoms with van der Waals surface area (Å²) in [5, 5.41) is 10.9. The number of hydrogen-bond acceptors (Lipinski definition) is 5. The molecule has 5 heteroatoms. The molecule has 1 fully saturated rings. The Hall–Kier alpha value is -2.50. The van der Waals surface area contributed by atoms with Crippen molar-refractivity contribution in [3.05, 3.63) is 54.6 Å². The summed E-state index contributed by atoms with van der Waals surface area (Å²) in [5.41, 5.74) is 1.99. The molecule has 1 aromatic heterocycles. The summed E-state index contributed by atoms with van der Waals surface area (Å²) in [4.78, 5) is 14.0. The first-order valence-corrected chi connectivity index (χ1v) is 8.71. The molecular formula is C20H22N4O. The van der Waals surface area contributed by atoms with Gasteiger partial charge < -0.3 is 10.0 Å². The molecule has 0 spiro atoms. The van der Waals surface area contributed by atoms with Crippen LogP contribution in [0.25, 0.3) is 22.3 Å². The highest BCUT2D eigenvalue weighted by Gasteiger charge is 2.22. The third kappa shape index (κ3) is 3.21. The van der Waals surface area contributed by atoms with Gasteiger partial charge in [-0.15, -0.1) is 0 Å². The highest BCUT2D eigenvalue weighted by molar-refractivity contribution is 5.91. The van der Waals surface area contributed by atoms with Crippen molar-refractivity contribution in [1.29, 1.82) is 0 Å². The third-order valence-corrected chi connectivity index (χ3v) is 4.76. The maximum Gasteiger partial charge on any atom is 0.162 e. The summed E-state index contributed by atoms with van der Waals surface area (Å²) in [6, 6.07) is 18.3. The molecule has 5 nitrogen and oxygen atoms in total. The van der Waals surface area contributed by atoms with Crippen molar-refractivity contribution in [3.63, 3.8) is 0 Å². The van der Waals surface area contributed by atoms with Crippen LogP contribution in [0.3, 0.4) is 0 Å². The molecule has 0 amide bonds. The number of nitrogens with zero attached hydrogens (tertiary/aromatic N) is 4. The lowest BCUT2D eigenvalue weighted by atomic mass is 10.1. The fraction of sp³-hybridized carbons (Fsp3) is 0.300. The molecule has 1 N–H and O–H groups in total. The molecular weight excluding hydrogens is 312 g/mol. The second kappa shape index (κ2) is 6.78. The highest BCUT2D eigenvalue weighted by Crippen LogP contribution is 2.28. The van der Waals surface area contributed by atoms with Gasteiger partial charge in [-0.2, -0.15) is 0 Å². The monoisotopic (exact) mass is 334 g/mol. The summed E-state index contributed by atoms with van der Waals surface area (Å²) >= 11 is 0. The molecule has 1 atom stereocenters. The van der Waals surface area contributed by atoms with Crippen LogP contribution in [-0.2, 0) is 0 Å². The largest absolute Gasteiger partial charge is 0.379 e. The van der Waals surface area contributed by atoms with Gasteiger partial charge in [0, 0.05) is 37.1 Å². The number of piperazine rings is 1. The Balaban J connectivity index is 1.75. The van der Waals surface area contributed by atoms with Gasteiger partial charge in [-0.3, -0.25) is 4.90 Å². The fourth-order valence-corrected chi connectivity index (χ4v) is 3.32. The molecule has 1 aliphatic heterocycles. The van der Waals surface area contributed by atoms with Crippen molar-refractivity contribution in [1.82, 2.24) is 14.9 Å². The number of aliphatic hydroxyl groups is 1. The summed E-state index contributed by atoms with van der Waals surface area (Å²) < 4.78 is 0. The van der Waals surface area contributed by atoms with E-state index in [1.165, 1.54) is 0 Å². The molecule has 0 radical (unpaired) electrons. The number of para-hydroxylation sites is 1. The first-order valence-electron chi connectivity index (χ1n) is 8.71. The van der Waals surface area contributed by atoms with E-state index in [2.05, 4.69) is 15.9 Å². The summed E-state index contributed by atoms with van der Waals surface area (Å²) in [6.45, 7) is 5.18. The Kier molecular flexibility index (Phi) is 4.34. The molecule has 0 saturated carbocycles. The van der Waals surface area contributed by atoms with Crippen LogP contribution in [0.4, 0.5) is 5.82 Å². The Morgan fingerprint density at radius 1 is 0.880 bits per heavy atom. The van der Waals surface area contributed by atoms with E-state index < -0.39 is 6.23 Å². The van der Waals surface area contributed by atoms with Crippen LogP contribution in [0, 0.1) is 0 Å². The van der Waals surface area contributed by atoms with Gasteiger partial charge in [0.15, 0.2) is 5.82 Å². The van der Waals surface area contributed by atoms with E-state index in [0.29, 0.717) is 0 Å². The van der Waals surface area contributed by atoms with Crippen molar-refractivity contribution < 1.29 is 5.11 Å². The third-order valence-electron chi connectivity index (χ3n) is 4.76. The topological polar surface area (TPSA) is 52.5 Å². The molecule has 0 bridgehead atoms. The minimum absolute atomic E-state index is 0.399. The first kappa shape index (κ1) is 16.0. The maximum absolute atomic E-state index is 9.78. The number of rotatable bonds is 3. The predicted octanol–water partition coefficient (Wildman–Crippen LogP) is 2.76. The standard InChI is InChI=1S/C20H22N4O/c1-15(25)23-11-13-24(14-12-23)20-17-9-5-6-10-18(17)21-19(22-20)16-7-3-2-4-8-16/h2-10,15,25H,11-14H2,1H3. The van der Waals surface area contributed by atoms with Gasteiger partial charge in [-0.1, -0.05) is 42.5 Å². The van der Waals surface area contributed by atoms with Crippen LogP contribution in [0.15, 0.2) is 54.6 Å². The van der Waals surface area contributed by atoms with Gasteiger partial charge >= 0.3 is 0 Å². The van der Waals surface area contributed by atoms with E-state index in [9.17, 15) is 5.11 Å². The number of hydrogen-bond donors (Lipinski definition) is 1. The Morgan fingerprint density at radius 3 is 2.28 bits per heavy atom. The van der Waals surface area contributed by atoms with E-state index in [0.717, 1.165) is 54.3 Å². The number of aliphatic hydroxyl groups excluding tert-OH is 1. The zero-order chi connectivity index (χ0) is 17.2. The zero-order valence-corrected chi connectivity index (χ0v) is 14.3. The van der Waals surface area contributed by atoms with Crippen molar-refractivity contribution in [3.8, 4) is 11.4 Å². The van der Waals surface area contributed by atoms with Crippen molar-refractivity contribution >= 4 is 16.7 Å². The number of anilines is 1. The maximum atomic E-state index is 9.78. The summed E-state index contributed by atoms with van der Waals surface area (Å²) in [6.07, 6.45) is -0.399. The van der Waals surface area contributed by atoms with Crippen LogP contribution in [0.5, 0.6) is 0 Å². The average Bonchev–Trinajstić information content (AvgIpc) is 2.68. The molecule has 3 aromatic rings. The Morgan fingerprint density at radius 2 is 1.56 bits per heavy atom. The molecule has 1 unspecified atom stereocenters. The smallest absolute Gasteiger partial charge is 0.162 e. The lowest BCUT2D eigenvalue weighted by molar-refractivity contribution is 0.0152. The van der Waals surface area contributed by atoms with Crippen molar-refractivity contribution in [2.45, 2.75) is 13.2 Å². The van der Waals surface area contributed by atoms with E-state index in [1.807, 2.05) is 55.5 Å². The molecule has 4 rings (SSSR count). The molecule has 2 aromatic carbocycles. The number of aromatic nitrogens is 2. The van der Waals surface area contributed by atoms with Crippen LogP contribution in [0.2, 0.25) is 0 Å². The Bertz CT molecular complexity index is 858. The van der Waals surface area contributed by atoms with Gasteiger partial charge in [0.1, 0.15) is 12.0 Å². The molecule has 1 aliphatic rings. The van der Waals surface area contributed by atoms with E-state index >= 15 is 0 Å². The van der Waals surface area contributed by atoms with Gasteiger partial charge in [-0.05, 0) is 19.1 Å². The average molecular weight is 334 g/mol. The lowest BCUT2D eigenvalue weighted by Gasteiger charge is -2.37. The van der Waals surface area contributed by atoms with Crippen molar-refractivity contribution in [2.24, 2.45) is 0 Å². The van der Waals surface area contributed by atoms with Gasteiger partial charge in [0.25, 0.3) is 0 Å². The van der Waals surface area contributed by atoms with Crippen LogP contribution >= 0.6 is 0 Å². The zero-order valence-electron chi connectivity index (χ0n) is 14.3. The summed E-state index contributed by atoms with van der Waals surface area (Å²) in [7, 11) is 0. The quantitative estimate of drug-likeness (QED) is 0.798. The highest BCUT2D eigenvalue weighted by atomic mass is 16.3. The molecule has 2 heterocycles. The molecule has 25 heavy (non-hydrogen) atoms. The lowest BCUT2D eigenvalue weighted by Crippen LogP contribution is -2.49. The SMILES string of the molecule is CC(O)N1CCN(c2nc(-c3ccccc3)nc3ccccc23)CC1. The molecule has 128 valence electrons.